The number of hydrogen-bond acceptors (Lipinski definition) is 1. The highest BCUT2D eigenvalue weighted by molar-refractivity contribution is 6.30. The van der Waals surface area contributed by atoms with Gasteiger partial charge in [0, 0.05) is 5.92 Å². The molecule has 0 saturated heterocycles. The van der Waals surface area contributed by atoms with Crippen LogP contribution >= 0.6 is 11.6 Å². The van der Waals surface area contributed by atoms with Crippen LogP contribution in [0.15, 0.2) is 11.1 Å². The van der Waals surface area contributed by atoms with Crippen LogP contribution in [0.4, 0.5) is 39.5 Å². The highest BCUT2D eigenvalue weighted by Gasteiger charge is 2.91. The van der Waals surface area contributed by atoms with E-state index in [0.717, 1.165) is 0 Å². The number of aliphatic carboxylic acids is 1. The summed E-state index contributed by atoms with van der Waals surface area (Å²) in [7, 11) is 0. The van der Waals surface area contributed by atoms with Crippen LogP contribution in [-0.4, -0.2) is 29.6 Å². The Kier molecular flexibility index (Phi) is 4.00. The Hall–Kier alpha value is -1.13. The minimum Gasteiger partial charge on any atom is -0.481 e. The Labute approximate surface area is 115 Å². The summed E-state index contributed by atoms with van der Waals surface area (Å²) in [5.41, 5.74) is -4.78. The fourth-order valence-electron chi connectivity index (χ4n) is 2.13. The summed E-state index contributed by atoms with van der Waals surface area (Å²) in [6, 6.07) is 0. The van der Waals surface area contributed by atoms with E-state index in [9.17, 15) is 44.3 Å². The van der Waals surface area contributed by atoms with Crippen molar-refractivity contribution in [3.63, 3.8) is 0 Å². The molecule has 1 saturated carbocycles. The van der Waals surface area contributed by atoms with Crippen LogP contribution in [0, 0.1) is 17.3 Å². The Balaban J connectivity index is 3.42. The van der Waals surface area contributed by atoms with Crippen LogP contribution in [0.3, 0.4) is 0 Å². The summed E-state index contributed by atoms with van der Waals surface area (Å²) in [6.45, 7) is 0. The van der Waals surface area contributed by atoms with E-state index < -0.39 is 52.9 Å². The molecule has 21 heavy (non-hydrogen) atoms. The van der Waals surface area contributed by atoms with Crippen molar-refractivity contribution in [1.82, 2.24) is 0 Å². The summed E-state index contributed by atoms with van der Waals surface area (Å²) >= 11 is 4.60. The normalized spacial score (nSPS) is 26.7. The lowest BCUT2D eigenvalue weighted by atomic mass is 10.00. The number of halogens is 10. The van der Waals surface area contributed by atoms with Crippen LogP contribution in [0.1, 0.15) is 0 Å². The van der Waals surface area contributed by atoms with Gasteiger partial charge in [-0.05, 0) is 0 Å². The molecule has 0 amide bonds. The molecule has 0 aromatic heterocycles. The van der Waals surface area contributed by atoms with Gasteiger partial charge in [0.1, 0.15) is 5.03 Å². The van der Waals surface area contributed by atoms with Crippen molar-refractivity contribution in [3.8, 4) is 0 Å². The van der Waals surface area contributed by atoms with Crippen molar-refractivity contribution >= 4 is 17.6 Å². The van der Waals surface area contributed by atoms with Gasteiger partial charge in [-0.3, -0.25) is 4.79 Å². The average Bonchev–Trinajstić information content (AvgIpc) is 2.84. The molecule has 1 fully saturated rings. The number of allylic oxidation sites excluding steroid dienone is 2. The van der Waals surface area contributed by atoms with E-state index in [1.54, 1.807) is 0 Å². The van der Waals surface area contributed by atoms with Crippen molar-refractivity contribution in [1.29, 1.82) is 0 Å². The molecule has 122 valence electrons. The molecule has 1 rings (SSSR count). The summed E-state index contributed by atoms with van der Waals surface area (Å²) in [6.07, 6.45) is -18.1. The number of alkyl halides is 9. The van der Waals surface area contributed by atoms with E-state index in [1.165, 1.54) is 0 Å². The highest BCUT2D eigenvalue weighted by Crippen LogP contribution is 2.74. The second-order valence-electron chi connectivity index (χ2n) is 4.22. The maximum atomic E-state index is 12.7. The van der Waals surface area contributed by atoms with Crippen molar-refractivity contribution in [2.45, 2.75) is 18.5 Å². The molecule has 0 aliphatic heterocycles. The van der Waals surface area contributed by atoms with E-state index in [0.29, 0.717) is 0 Å². The zero-order chi connectivity index (χ0) is 17.0. The van der Waals surface area contributed by atoms with Gasteiger partial charge in [0.15, 0.2) is 5.41 Å². The lowest BCUT2D eigenvalue weighted by molar-refractivity contribution is -0.308. The Morgan fingerprint density at radius 2 is 1.38 bits per heavy atom. The molecule has 2 atom stereocenters. The number of carbonyl (C=O) groups is 1. The fraction of sp³-hybridized carbons (Fsp3) is 0.667. The lowest BCUT2D eigenvalue weighted by Crippen LogP contribution is -2.42. The van der Waals surface area contributed by atoms with Gasteiger partial charge in [0.25, 0.3) is 0 Å². The summed E-state index contributed by atoms with van der Waals surface area (Å²) in [4.78, 5) is 10.6. The van der Waals surface area contributed by atoms with Crippen molar-refractivity contribution in [3.05, 3.63) is 11.1 Å². The van der Waals surface area contributed by atoms with Gasteiger partial charge in [-0.15, -0.1) is 0 Å². The predicted molar refractivity (Wildman–Crippen MR) is 49.1 cm³/mol. The van der Waals surface area contributed by atoms with E-state index >= 15 is 0 Å². The molecule has 1 N–H and O–H groups in total. The van der Waals surface area contributed by atoms with Gasteiger partial charge in [0.05, 0.1) is 5.92 Å². The van der Waals surface area contributed by atoms with Crippen molar-refractivity contribution in [2.75, 3.05) is 0 Å². The minimum absolute atomic E-state index is 0.554. The molecule has 0 aromatic rings. The minimum atomic E-state index is -6.10. The second kappa shape index (κ2) is 4.68. The molecule has 1 aliphatic rings. The number of hydrogen-bond donors (Lipinski definition) is 1. The van der Waals surface area contributed by atoms with Crippen molar-refractivity contribution < 1.29 is 49.4 Å². The maximum absolute atomic E-state index is 12.7. The quantitative estimate of drug-likeness (QED) is 0.761. The Morgan fingerprint density at radius 1 is 1.00 bits per heavy atom. The molecule has 0 spiro atoms. The lowest BCUT2D eigenvalue weighted by Gasteiger charge is -2.24. The van der Waals surface area contributed by atoms with Gasteiger partial charge in [-0.25, -0.2) is 0 Å². The summed E-state index contributed by atoms with van der Waals surface area (Å²) in [5.74, 6) is -8.62. The largest absolute Gasteiger partial charge is 0.481 e. The first kappa shape index (κ1) is 17.9. The first-order valence-corrected chi connectivity index (χ1v) is 5.27. The van der Waals surface area contributed by atoms with E-state index in [1.807, 2.05) is 0 Å². The van der Waals surface area contributed by atoms with Gasteiger partial charge < -0.3 is 5.11 Å². The average molecular weight is 351 g/mol. The monoisotopic (exact) mass is 350 g/mol. The highest BCUT2D eigenvalue weighted by atomic mass is 35.5. The van der Waals surface area contributed by atoms with E-state index in [-0.39, 0.29) is 0 Å². The maximum Gasteiger partial charge on any atom is 0.426 e. The second-order valence-corrected chi connectivity index (χ2v) is 4.63. The van der Waals surface area contributed by atoms with Crippen molar-refractivity contribution in [2.24, 2.45) is 17.3 Å². The smallest absolute Gasteiger partial charge is 0.426 e. The van der Waals surface area contributed by atoms with Crippen LogP contribution in [-0.2, 0) is 4.79 Å². The molecule has 0 aromatic carbocycles. The molecular weight excluding hydrogens is 347 g/mol. The molecule has 0 heterocycles. The van der Waals surface area contributed by atoms with Crippen LogP contribution in [0.2, 0.25) is 0 Å². The Morgan fingerprint density at radius 3 is 1.57 bits per heavy atom. The third-order valence-corrected chi connectivity index (χ3v) is 3.41. The van der Waals surface area contributed by atoms with Crippen LogP contribution in [0.25, 0.3) is 0 Å². The molecule has 1 aliphatic carbocycles. The number of carboxylic acids is 1. The van der Waals surface area contributed by atoms with Crippen LogP contribution in [0.5, 0.6) is 0 Å². The molecule has 0 bridgehead atoms. The third-order valence-electron chi connectivity index (χ3n) is 3.07. The molecule has 2 unspecified atom stereocenters. The summed E-state index contributed by atoms with van der Waals surface area (Å²) < 4.78 is 112. The SMILES string of the molecule is O=C(O)C1C(/C=C(/Cl)C(F)(F)F)C1(C(F)(F)F)C(F)(F)F. The third kappa shape index (κ3) is 2.67. The first-order valence-electron chi connectivity index (χ1n) is 4.89. The van der Waals surface area contributed by atoms with E-state index in [4.69, 9.17) is 5.11 Å². The standard InChI is InChI=1S/C9H4ClF9O2/c10-3(7(11,12)13)1-2-4(5(20)21)6(2,8(14,15)16)9(17,18)19/h1-2,4H,(H,20,21)/b3-1+. The zero-order valence-electron chi connectivity index (χ0n) is 9.37. The van der Waals surface area contributed by atoms with Gasteiger partial charge in [0.2, 0.25) is 0 Å². The molecule has 12 heteroatoms. The molecule has 2 nitrogen and oxygen atoms in total. The van der Waals surface area contributed by atoms with Gasteiger partial charge in [-0.2, -0.15) is 39.5 Å². The molecular formula is C9H4ClF9O2. The van der Waals surface area contributed by atoms with E-state index in [2.05, 4.69) is 11.6 Å². The first-order chi connectivity index (χ1) is 9.08. The predicted octanol–water partition coefficient (Wildman–Crippen LogP) is 4.11. The van der Waals surface area contributed by atoms with Gasteiger partial charge in [-0.1, -0.05) is 17.7 Å². The number of carboxylic acid groups (broad SMARTS) is 1. The topological polar surface area (TPSA) is 37.3 Å². The van der Waals surface area contributed by atoms with Crippen LogP contribution < -0.4 is 0 Å². The summed E-state index contributed by atoms with van der Waals surface area (Å²) in [5, 5.41) is 6.21. The fourth-order valence-corrected chi connectivity index (χ4v) is 2.27. The molecule has 0 radical (unpaired) electrons. The van der Waals surface area contributed by atoms with Gasteiger partial charge >= 0.3 is 24.5 Å². The zero-order valence-corrected chi connectivity index (χ0v) is 10.1. The number of rotatable bonds is 2. The Bertz CT molecular complexity index is 459.